The average molecular weight is 336 g/mol. The number of hydrogen-bond acceptors (Lipinski definition) is 5. The normalized spacial score (nSPS) is 15.8. The number of pyridine rings is 2. The third kappa shape index (κ3) is 3.27. The summed E-state index contributed by atoms with van der Waals surface area (Å²) in [6, 6.07) is 4.31. The average Bonchev–Trinajstić information content (AvgIpc) is 3.05. The van der Waals surface area contributed by atoms with Crippen molar-refractivity contribution in [3.8, 4) is 11.1 Å². The highest BCUT2D eigenvalue weighted by Gasteiger charge is 2.16. The third-order valence-electron chi connectivity index (χ3n) is 4.56. The van der Waals surface area contributed by atoms with Crippen LogP contribution in [0.4, 0.5) is 0 Å². The highest BCUT2D eigenvalue weighted by molar-refractivity contribution is 5.92. The van der Waals surface area contributed by atoms with Crippen LogP contribution in [-0.2, 0) is 17.8 Å². The molecule has 0 aliphatic carbocycles. The molecule has 25 heavy (non-hydrogen) atoms. The zero-order valence-electron chi connectivity index (χ0n) is 14.7. The van der Waals surface area contributed by atoms with E-state index in [1.54, 1.807) is 0 Å². The SMILES string of the molecule is CCn1n[c]c2c(-c3cncc(C)c3)cc(CN3CCOCC3)nc21. The molecule has 0 atom stereocenters. The topological polar surface area (TPSA) is 56.1 Å². The highest BCUT2D eigenvalue weighted by atomic mass is 16.5. The summed E-state index contributed by atoms with van der Waals surface area (Å²) in [6.45, 7) is 9.20. The summed E-state index contributed by atoms with van der Waals surface area (Å²) in [5.74, 6) is 0. The van der Waals surface area contributed by atoms with Crippen LogP contribution < -0.4 is 0 Å². The fourth-order valence-corrected chi connectivity index (χ4v) is 3.26. The molecule has 0 bridgehead atoms. The van der Waals surface area contributed by atoms with Crippen molar-refractivity contribution in [3.05, 3.63) is 42.0 Å². The van der Waals surface area contributed by atoms with Gasteiger partial charge in [0.1, 0.15) is 6.20 Å². The second kappa shape index (κ2) is 6.90. The van der Waals surface area contributed by atoms with Gasteiger partial charge >= 0.3 is 0 Å². The molecule has 4 heterocycles. The predicted molar refractivity (Wildman–Crippen MR) is 96.1 cm³/mol. The molecule has 3 aromatic rings. The Morgan fingerprint density at radius 1 is 1.20 bits per heavy atom. The molecule has 1 aliphatic heterocycles. The van der Waals surface area contributed by atoms with Gasteiger partial charge in [0, 0.05) is 44.1 Å². The van der Waals surface area contributed by atoms with Crippen LogP contribution in [0.25, 0.3) is 22.2 Å². The molecule has 1 aliphatic rings. The van der Waals surface area contributed by atoms with Gasteiger partial charge < -0.3 is 4.74 Å². The number of hydrogen-bond donors (Lipinski definition) is 0. The Hall–Kier alpha value is -2.31. The Balaban J connectivity index is 1.80. The van der Waals surface area contributed by atoms with Gasteiger partial charge in [-0.25, -0.2) is 9.67 Å². The van der Waals surface area contributed by atoms with Crippen LogP contribution in [-0.4, -0.2) is 51.0 Å². The van der Waals surface area contributed by atoms with Crippen LogP contribution in [0, 0.1) is 13.1 Å². The van der Waals surface area contributed by atoms with E-state index in [9.17, 15) is 0 Å². The Labute approximate surface area is 147 Å². The van der Waals surface area contributed by atoms with Crippen LogP contribution in [0.3, 0.4) is 0 Å². The van der Waals surface area contributed by atoms with Gasteiger partial charge in [0.05, 0.1) is 24.3 Å². The Morgan fingerprint density at radius 2 is 2.04 bits per heavy atom. The van der Waals surface area contributed by atoms with Crippen LogP contribution in [0.5, 0.6) is 0 Å². The van der Waals surface area contributed by atoms with Crippen LogP contribution in [0.15, 0.2) is 24.5 Å². The number of aromatic nitrogens is 4. The van der Waals surface area contributed by atoms with Crippen LogP contribution >= 0.6 is 0 Å². The van der Waals surface area contributed by atoms with Gasteiger partial charge in [0.25, 0.3) is 0 Å². The van der Waals surface area contributed by atoms with E-state index in [0.717, 1.165) is 72.8 Å². The lowest BCUT2D eigenvalue weighted by atomic mass is 10.0. The van der Waals surface area contributed by atoms with Crippen LogP contribution in [0.1, 0.15) is 18.2 Å². The zero-order valence-corrected chi connectivity index (χ0v) is 14.7. The van der Waals surface area contributed by atoms with Crippen molar-refractivity contribution >= 4 is 11.0 Å². The fraction of sp³-hybridized carbons (Fsp3) is 0.421. The third-order valence-corrected chi connectivity index (χ3v) is 4.56. The monoisotopic (exact) mass is 336 g/mol. The molecule has 0 unspecified atom stereocenters. The van der Waals surface area contributed by atoms with Crippen molar-refractivity contribution in [1.82, 2.24) is 24.6 Å². The molecule has 4 rings (SSSR count). The van der Waals surface area contributed by atoms with Gasteiger partial charge in [-0.05, 0) is 37.1 Å². The maximum absolute atomic E-state index is 5.45. The van der Waals surface area contributed by atoms with Gasteiger partial charge in [0.15, 0.2) is 5.65 Å². The van der Waals surface area contributed by atoms with E-state index < -0.39 is 0 Å². The van der Waals surface area contributed by atoms with Crippen molar-refractivity contribution in [2.45, 2.75) is 26.9 Å². The lowest BCUT2D eigenvalue weighted by molar-refractivity contribution is 0.0337. The van der Waals surface area contributed by atoms with Gasteiger partial charge in [-0.2, -0.15) is 5.10 Å². The number of fused-ring (bicyclic) bond motifs is 1. The second-order valence-electron chi connectivity index (χ2n) is 6.43. The summed E-state index contributed by atoms with van der Waals surface area (Å²) in [6.07, 6.45) is 6.92. The molecular weight excluding hydrogens is 314 g/mol. The number of rotatable bonds is 4. The van der Waals surface area contributed by atoms with Crippen molar-refractivity contribution in [2.24, 2.45) is 0 Å². The number of morpholine rings is 1. The van der Waals surface area contributed by atoms with Crippen molar-refractivity contribution in [2.75, 3.05) is 26.3 Å². The smallest absolute Gasteiger partial charge is 0.159 e. The highest BCUT2D eigenvalue weighted by Crippen LogP contribution is 2.29. The summed E-state index contributed by atoms with van der Waals surface area (Å²) in [5.41, 5.74) is 5.27. The minimum atomic E-state index is 0.777. The van der Waals surface area contributed by atoms with Crippen molar-refractivity contribution in [3.63, 3.8) is 0 Å². The van der Waals surface area contributed by atoms with E-state index in [4.69, 9.17) is 9.72 Å². The van der Waals surface area contributed by atoms with Crippen LogP contribution in [0.2, 0.25) is 0 Å². The summed E-state index contributed by atoms with van der Waals surface area (Å²) in [5, 5.41) is 5.34. The molecule has 6 nitrogen and oxygen atoms in total. The molecule has 6 heteroatoms. The molecule has 129 valence electrons. The maximum atomic E-state index is 5.45. The molecule has 1 fully saturated rings. The minimum Gasteiger partial charge on any atom is -0.379 e. The van der Waals surface area contributed by atoms with E-state index in [1.165, 1.54) is 0 Å². The van der Waals surface area contributed by atoms with E-state index in [0.29, 0.717) is 0 Å². The Morgan fingerprint density at radius 3 is 2.80 bits per heavy atom. The standard InChI is InChI=1S/C19H22N5O/c1-3-24-19-18(12-21-24)17(15-8-14(2)10-20-11-15)9-16(22-19)13-23-4-6-25-7-5-23/h8-11H,3-7,13H2,1-2H3. The Bertz CT molecular complexity index is 883. The first kappa shape index (κ1) is 16.2. The quantitative estimate of drug-likeness (QED) is 0.732. The van der Waals surface area contributed by atoms with E-state index in [1.807, 2.05) is 17.1 Å². The second-order valence-corrected chi connectivity index (χ2v) is 6.43. The minimum absolute atomic E-state index is 0.777. The van der Waals surface area contributed by atoms with Gasteiger partial charge in [-0.3, -0.25) is 9.88 Å². The molecule has 0 spiro atoms. The summed E-state index contributed by atoms with van der Waals surface area (Å²) in [7, 11) is 0. The van der Waals surface area contributed by atoms with Crippen molar-refractivity contribution < 1.29 is 4.74 Å². The lowest BCUT2D eigenvalue weighted by Crippen LogP contribution is -2.35. The van der Waals surface area contributed by atoms with E-state index in [-0.39, 0.29) is 0 Å². The number of nitrogens with zero attached hydrogens (tertiary/aromatic N) is 5. The van der Waals surface area contributed by atoms with Gasteiger partial charge in [-0.15, -0.1) is 0 Å². The van der Waals surface area contributed by atoms with Gasteiger partial charge in [0.2, 0.25) is 0 Å². The van der Waals surface area contributed by atoms with E-state index in [2.05, 4.69) is 47.2 Å². The molecule has 0 amide bonds. The predicted octanol–water partition coefficient (Wildman–Crippen LogP) is 2.45. The van der Waals surface area contributed by atoms with Crippen molar-refractivity contribution in [1.29, 1.82) is 0 Å². The first-order chi connectivity index (χ1) is 12.2. The first-order valence-electron chi connectivity index (χ1n) is 8.75. The summed E-state index contributed by atoms with van der Waals surface area (Å²) in [4.78, 5) is 11.6. The molecular formula is C19H22N5O. The molecule has 3 aromatic heterocycles. The lowest BCUT2D eigenvalue weighted by Gasteiger charge is -2.26. The largest absolute Gasteiger partial charge is 0.379 e. The summed E-state index contributed by atoms with van der Waals surface area (Å²) >= 11 is 0. The number of ether oxygens (including phenoxy) is 1. The maximum Gasteiger partial charge on any atom is 0.159 e. The molecule has 0 saturated carbocycles. The zero-order chi connectivity index (χ0) is 17.2. The van der Waals surface area contributed by atoms with E-state index >= 15 is 0 Å². The molecule has 0 N–H and O–H groups in total. The fourth-order valence-electron chi connectivity index (χ4n) is 3.26. The molecule has 1 radical (unpaired) electrons. The molecule has 0 aromatic carbocycles. The van der Waals surface area contributed by atoms with Gasteiger partial charge in [-0.1, -0.05) is 0 Å². The summed E-state index contributed by atoms with van der Waals surface area (Å²) < 4.78 is 7.36. The number of aryl methyl sites for hydroxylation is 2. The Kier molecular flexibility index (Phi) is 4.46. The molecule has 1 saturated heterocycles. The first-order valence-corrected chi connectivity index (χ1v) is 8.75.